The Morgan fingerprint density at radius 3 is 2.05 bits per heavy atom. The first kappa shape index (κ1) is 23.9. The van der Waals surface area contributed by atoms with Crippen molar-refractivity contribution in [2.24, 2.45) is 0 Å². The Bertz CT molecular complexity index is 2200. The maximum absolute atomic E-state index is 2.69. The summed E-state index contributed by atoms with van der Waals surface area (Å²) in [5.41, 5.74) is 11.8. The van der Waals surface area contributed by atoms with Gasteiger partial charge in [-0.25, -0.2) is 0 Å². The molecule has 0 fully saturated rings. The van der Waals surface area contributed by atoms with E-state index in [1.807, 2.05) is 0 Å². The van der Waals surface area contributed by atoms with Crippen LogP contribution in [-0.2, 0) is 0 Å². The molecule has 0 unspecified atom stereocenters. The topological polar surface area (TPSA) is 8.17 Å². The molecule has 0 N–H and O–H groups in total. The van der Waals surface area contributed by atoms with Crippen LogP contribution in [0.15, 0.2) is 140 Å². The van der Waals surface area contributed by atoms with Gasteiger partial charge >= 0.3 is 6.85 Å². The highest BCUT2D eigenvalue weighted by atomic mass is 28.3. The van der Waals surface area contributed by atoms with Crippen molar-refractivity contribution in [2.75, 3.05) is 4.81 Å². The Balaban J connectivity index is 1.44. The van der Waals surface area contributed by atoms with Crippen LogP contribution < -0.4 is 26.1 Å². The van der Waals surface area contributed by atoms with Gasteiger partial charge in [0.1, 0.15) is 8.07 Å². The highest BCUT2D eigenvalue weighted by Gasteiger charge is 2.45. The second kappa shape index (κ2) is 8.61. The van der Waals surface area contributed by atoms with Crippen LogP contribution in [0.25, 0.3) is 38.6 Å². The molecule has 0 amide bonds. The number of fused-ring (bicyclic) bond motifs is 7. The third-order valence-corrected chi connectivity index (χ3v) is 13.1. The zero-order valence-electron chi connectivity index (χ0n) is 23.8. The van der Waals surface area contributed by atoms with E-state index in [9.17, 15) is 0 Å². The molecule has 0 aliphatic carbocycles. The van der Waals surface area contributed by atoms with Crippen LogP contribution >= 0.6 is 0 Å². The fourth-order valence-electron chi connectivity index (χ4n) is 7.79. The Morgan fingerprint density at radius 1 is 0.524 bits per heavy atom. The monoisotopic (exact) mass is 552 g/mol. The largest absolute Gasteiger partial charge is 0.377 e. The molecular weight excluding hydrogens is 523 g/mol. The maximum Gasteiger partial charge on any atom is 0.332 e. The van der Waals surface area contributed by atoms with Crippen LogP contribution in [0.2, 0.25) is 13.1 Å². The number of anilines is 2. The molecule has 7 aromatic rings. The molecule has 0 spiro atoms. The lowest BCUT2D eigenvalue weighted by Gasteiger charge is -2.46. The van der Waals surface area contributed by atoms with E-state index in [-0.39, 0.29) is 6.85 Å². The summed E-state index contributed by atoms with van der Waals surface area (Å²) in [5.74, 6) is 0. The van der Waals surface area contributed by atoms with E-state index in [1.54, 1.807) is 0 Å². The van der Waals surface area contributed by atoms with Crippen molar-refractivity contribution in [3.8, 4) is 16.8 Å². The molecule has 4 heteroatoms. The van der Waals surface area contributed by atoms with Gasteiger partial charge in [-0.2, -0.15) is 0 Å². The second-order valence-corrected chi connectivity index (χ2v) is 16.5. The minimum Gasteiger partial charge on any atom is -0.377 e. The third-order valence-electron chi connectivity index (χ3n) is 9.62. The summed E-state index contributed by atoms with van der Waals surface area (Å²) in [6, 6.07) is 52.0. The number of benzene rings is 6. The summed E-state index contributed by atoms with van der Waals surface area (Å²) in [7, 11) is -2.00. The molecule has 2 nitrogen and oxygen atoms in total. The summed E-state index contributed by atoms with van der Waals surface area (Å²) < 4.78 is 2.50. The molecule has 198 valence electrons. The van der Waals surface area contributed by atoms with Crippen LogP contribution in [-0.4, -0.2) is 19.5 Å². The first-order valence-electron chi connectivity index (χ1n) is 14.8. The van der Waals surface area contributed by atoms with Crippen molar-refractivity contribution < 1.29 is 0 Å². The number of nitrogens with zero attached hydrogens (tertiary/aromatic N) is 2. The zero-order chi connectivity index (χ0) is 28.0. The van der Waals surface area contributed by atoms with E-state index >= 15 is 0 Å². The highest BCUT2D eigenvalue weighted by Crippen LogP contribution is 2.41. The maximum atomic E-state index is 2.69. The van der Waals surface area contributed by atoms with E-state index in [2.05, 4.69) is 162 Å². The van der Waals surface area contributed by atoms with Gasteiger partial charge < -0.3 is 9.38 Å². The summed E-state index contributed by atoms with van der Waals surface area (Å²) >= 11 is 0. The van der Waals surface area contributed by atoms with Gasteiger partial charge in [0.2, 0.25) is 0 Å². The van der Waals surface area contributed by atoms with Gasteiger partial charge in [-0.15, -0.1) is 0 Å². The lowest BCUT2D eigenvalue weighted by molar-refractivity contribution is 1.18. The van der Waals surface area contributed by atoms with Gasteiger partial charge in [0.15, 0.2) is 0 Å². The van der Waals surface area contributed by atoms with Crippen LogP contribution in [0.1, 0.15) is 0 Å². The van der Waals surface area contributed by atoms with E-state index in [4.69, 9.17) is 0 Å². The number of hydrogen-bond acceptors (Lipinski definition) is 1. The van der Waals surface area contributed by atoms with Crippen molar-refractivity contribution in [2.45, 2.75) is 13.1 Å². The van der Waals surface area contributed by atoms with Crippen molar-refractivity contribution in [3.63, 3.8) is 0 Å². The van der Waals surface area contributed by atoms with Gasteiger partial charge in [0.05, 0.1) is 11.0 Å². The second-order valence-electron chi connectivity index (χ2n) is 12.1. The fourth-order valence-corrected chi connectivity index (χ4v) is 10.8. The van der Waals surface area contributed by atoms with Crippen LogP contribution in [0.3, 0.4) is 0 Å². The standard InChI is InChI=1S/C38H29BN2Si/c1-42(2)35-24-11-10-23-34(35)41(38-27(17-13-25-36(38)42)26-14-4-3-5-15-26)39-30-19-7-9-22-33(30)40-32-21-8-6-16-28(32)29-18-12-20-31(39)37(29)40/h3-25H,1-2H3. The minimum atomic E-state index is -2.00. The number of rotatable bonds is 2. The molecular formula is C38H29BN2Si. The minimum absolute atomic E-state index is 0.0246. The van der Waals surface area contributed by atoms with Crippen molar-refractivity contribution in [3.05, 3.63) is 140 Å². The molecule has 3 heterocycles. The van der Waals surface area contributed by atoms with Crippen LogP contribution in [0.4, 0.5) is 11.4 Å². The van der Waals surface area contributed by atoms with Gasteiger partial charge in [-0.3, -0.25) is 0 Å². The first-order valence-corrected chi connectivity index (χ1v) is 17.8. The molecule has 1 aromatic heterocycles. The van der Waals surface area contributed by atoms with Gasteiger partial charge in [-0.1, -0.05) is 134 Å². The van der Waals surface area contributed by atoms with Gasteiger partial charge in [0.25, 0.3) is 0 Å². The lowest BCUT2D eigenvalue weighted by Crippen LogP contribution is -2.66. The highest BCUT2D eigenvalue weighted by molar-refractivity contribution is 7.04. The Hall–Kier alpha value is -4.80. The quantitative estimate of drug-likeness (QED) is 0.213. The summed E-state index contributed by atoms with van der Waals surface area (Å²) in [5, 5.41) is 5.62. The van der Waals surface area contributed by atoms with E-state index in [0.717, 1.165) is 0 Å². The molecule has 6 aromatic carbocycles. The lowest BCUT2D eigenvalue weighted by atomic mass is 9.46. The number of hydrogen-bond donors (Lipinski definition) is 0. The zero-order valence-corrected chi connectivity index (χ0v) is 24.8. The van der Waals surface area contributed by atoms with Crippen LogP contribution in [0, 0.1) is 0 Å². The molecule has 2 aliphatic heterocycles. The van der Waals surface area contributed by atoms with E-state index in [1.165, 1.54) is 71.3 Å². The molecule has 42 heavy (non-hydrogen) atoms. The SMILES string of the molecule is C[Si]1(C)c2ccccc2N(B2c3ccccc3-n3c4ccccc4c4cccc2c43)c2c(-c3ccccc3)cccc21. The normalized spacial score (nSPS) is 14.5. The number of para-hydroxylation sites is 5. The average Bonchev–Trinajstić information content (AvgIpc) is 3.38. The first-order chi connectivity index (χ1) is 20.6. The summed E-state index contributed by atoms with van der Waals surface area (Å²) in [4.78, 5) is 2.69. The Morgan fingerprint density at radius 2 is 1.17 bits per heavy atom. The number of aromatic nitrogens is 1. The smallest absolute Gasteiger partial charge is 0.332 e. The predicted molar refractivity (Wildman–Crippen MR) is 183 cm³/mol. The Kier molecular flexibility index (Phi) is 4.89. The molecule has 0 bridgehead atoms. The molecule has 2 aliphatic rings. The molecule has 0 saturated heterocycles. The molecule has 0 radical (unpaired) electrons. The fraction of sp³-hybridized carbons (Fsp3) is 0.0526. The average molecular weight is 553 g/mol. The van der Waals surface area contributed by atoms with E-state index in [0.29, 0.717) is 0 Å². The molecule has 0 saturated carbocycles. The predicted octanol–water partition coefficient (Wildman–Crippen LogP) is 6.84. The molecule has 0 atom stereocenters. The molecule has 9 rings (SSSR count). The Labute approximate surface area is 247 Å². The van der Waals surface area contributed by atoms with Gasteiger partial charge in [0, 0.05) is 33.4 Å². The van der Waals surface area contributed by atoms with Crippen molar-refractivity contribution in [1.29, 1.82) is 0 Å². The van der Waals surface area contributed by atoms with Crippen LogP contribution in [0.5, 0.6) is 0 Å². The van der Waals surface area contributed by atoms with Crippen molar-refractivity contribution >= 4 is 69.4 Å². The van der Waals surface area contributed by atoms with E-state index < -0.39 is 8.07 Å². The van der Waals surface area contributed by atoms with Gasteiger partial charge in [-0.05, 0) is 45.1 Å². The summed E-state index contributed by atoms with van der Waals surface area (Å²) in [6.45, 7) is 5.06. The summed E-state index contributed by atoms with van der Waals surface area (Å²) in [6.07, 6.45) is 0. The van der Waals surface area contributed by atoms with Crippen molar-refractivity contribution in [1.82, 2.24) is 4.57 Å². The third kappa shape index (κ3) is 3.05.